The first kappa shape index (κ1) is 17.8. The van der Waals surface area contributed by atoms with Crippen molar-refractivity contribution in [1.82, 2.24) is 5.32 Å². The third-order valence-corrected chi connectivity index (χ3v) is 5.23. The molecule has 0 aromatic heterocycles. The van der Waals surface area contributed by atoms with E-state index in [1.165, 1.54) is 17.6 Å². The van der Waals surface area contributed by atoms with Gasteiger partial charge >= 0.3 is 0 Å². The van der Waals surface area contributed by atoms with E-state index in [0.717, 1.165) is 19.4 Å². The molecule has 2 rings (SSSR count). The van der Waals surface area contributed by atoms with Crippen LogP contribution in [0.4, 0.5) is 0 Å². The van der Waals surface area contributed by atoms with Gasteiger partial charge in [-0.15, -0.1) is 5.73 Å². The van der Waals surface area contributed by atoms with E-state index in [9.17, 15) is 0 Å². The van der Waals surface area contributed by atoms with Crippen LogP contribution in [0.25, 0.3) is 0 Å². The Morgan fingerprint density at radius 2 is 2.17 bits per heavy atom. The van der Waals surface area contributed by atoms with E-state index in [4.69, 9.17) is 0 Å². The SMILES string of the molecule is C/C=C/C=C=C1C(CC)C(C)C1(NC/C=C\CC)C1=CC=CC1. The van der Waals surface area contributed by atoms with Crippen LogP contribution in [0, 0.1) is 11.8 Å². The van der Waals surface area contributed by atoms with E-state index in [1.54, 1.807) is 0 Å². The summed E-state index contributed by atoms with van der Waals surface area (Å²) in [5, 5.41) is 3.86. The zero-order chi connectivity index (χ0) is 16.7. The first-order chi connectivity index (χ1) is 11.2. The van der Waals surface area contributed by atoms with E-state index in [0.29, 0.717) is 11.8 Å². The van der Waals surface area contributed by atoms with Crippen molar-refractivity contribution in [2.75, 3.05) is 6.54 Å². The molecule has 0 bridgehead atoms. The molecule has 0 aromatic rings. The maximum Gasteiger partial charge on any atom is 0.0727 e. The lowest BCUT2D eigenvalue weighted by Gasteiger charge is -2.57. The second-order valence-corrected chi connectivity index (χ2v) is 6.45. The van der Waals surface area contributed by atoms with Gasteiger partial charge in [-0.25, -0.2) is 0 Å². The predicted molar refractivity (Wildman–Crippen MR) is 101 cm³/mol. The standard InChI is InChI=1S/C22H31N/c1-5-8-10-16-21-20(7-3)18(4)22(21,19-14-11-12-15-19)23-17-13-9-6-2/h5,8-14,18,20,23H,6-7,15,17H2,1-4H3/b8-5+,13-9-. The van der Waals surface area contributed by atoms with E-state index in [1.807, 2.05) is 6.92 Å². The summed E-state index contributed by atoms with van der Waals surface area (Å²) in [5.41, 5.74) is 6.53. The summed E-state index contributed by atoms with van der Waals surface area (Å²) in [7, 11) is 0. The maximum absolute atomic E-state index is 3.86. The largest absolute Gasteiger partial charge is 0.300 e. The third kappa shape index (κ3) is 3.37. The minimum atomic E-state index is -0.0136. The first-order valence-electron chi connectivity index (χ1n) is 9.06. The Morgan fingerprint density at radius 3 is 2.78 bits per heavy atom. The molecule has 1 saturated carbocycles. The van der Waals surface area contributed by atoms with E-state index in [-0.39, 0.29) is 5.54 Å². The summed E-state index contributed by atoms with van der Waals surface area (Å²) in [6, 6.07) is 0. The van der Waals surface area contributed by atoms with Gasteiger partial charge in [-0.05, 0) is 55.2 Å². The normalized spacial score (nSPS) is 29.9. The van der Waals surface area contributed by atoms with Crippen LogP contribution in [0.5, 0.6) is 0 Å². The fraction of sp³-hybridized carbons (Fsp3) is 0.500. The maximum atomic E-state index is 3.86. The molecule has 2 aliphatic rings. The minimum absolute atomic E-state index is 0.0136. The highest BCUT2D eigenvalue weighted by Crippen LogP contribution is 2.55. The van der Waals surface area contributed by atoms with Gasteiger partial charge in [0.05, 0.1) is 5.54 Å². The highest BCUT2D eigenvalue weighted by atomic mass is 15.0. The number of hydrogen-bond donors (Lipinski definition) is 1. The molecular weight excluding hydrogens is 278 g/mol. The van der Waals surface area contributed by atoms with Crippen molar-refractivity contribution in [3.63, 3.8) is 0 Å². The lowest BCUT2D eigenvalue weighted by molar-refractivity contribution is 0.138. The Hall–Kier alpha value is -1.56. The number of hydrogen-bond acceptors (Lipinski definition) is 1. The monoisotopic (exact) mass is 309 g/mol. The van der Waals surface area contributed by atoms with E-state index >= 15 is 0 Å². The van der Waals surface area contributed by atoms with Gasteiger partial charge in [0.15, 0.2) is 0 Å². The van der Waals surface area contributed by atoms with Crippen LogP contribution in [0.1, 0.15) is 47.0 Å². The fourth-order valence-corrected chi connectivity index (χ4v) is 4.05. The van der Waals surface area contributed by atoms with Crippen molar-refractivity contribution in [3.05, 3.63) is 65.5 Å². The average Bonchev–Trinajstić information content (AvgIpc) is 3.09. The van der Waals surface area contributed by atoms with Crippen LogP contribution in [-0.2, 0) is 0 Å². The molecule has 2 aliphatic carbocycles. The molecular formula is C22H31N. The Balaban J connectivity index is 2.37. The molecule has 0 aromatic carbocycles. The lowest BCUT2D eigenvalue weighted by Crippen LogP contribution is -2.64. The third-order valence-electron chi connectivity index (χ3n) is 5.23. The number of nitrogens with one attached hydrogen (secondary N) is 1. The zero-order valence-electron chi connectivity index (χ0n) is 15.1. The molecule has 0 aliphatic heterocycles. The number of allylic oxidation sites excluding steroid dienone is 6. The second kappa shape index (κ2) is 8.34. The molecule has 3 unspecified atom stereocenters. The van der Waals surface area contributed by atoms with Crippen LogP contribution in [0.2, 0.25) is 0 Å². The van der Waals surface area contributed by atoms with Crippen LogP contribution < -0.4 is 5.32 Å². The van der Waals surface area contributed by atoms with Crippen LogP contribution in [0.3, 0.4) is 0 Å². The van der Waals surface area contributed by atoms with Gasteiger partial charge in [-0.2, -0.15) is 0 Å². The van der Waals surface area contributed by atoms with Crippen molar-refractivity contribution in [2.24, 2.45) is 11.8 Å². The van der Waals surface area contributed by atoms with Crippen molar-refractivity contribution in [3.8, 4) is 0 Å². The van der Waals surface area contributed by atoms with Gasteiger partial charge in [0.1, 0.15) is 0 Å². The van der Waals surface area contributed by atoms with Crippen LogP contribution in [-0.4, -0.2) is 12.1 Å². The van der Waals surface area contributed by atoms with Gasteiger partial charge < -0.3 is 0 Å². The Kier molecular flexibility index (Phi) is 6.45. The van der Waals surface area contributed by atoms with Gasteiger partial charge in [0, 0.05) is 6.54 Å². The summed E-state index contributed by atoms with van der Waals surface area (Å²) in [4.78, 5) is 0. The van der Waals surface area contributed by atoms with E-state index < -0.39 is 0 Å². The Labute approximate surface area is 142 Å². The second-order valence-electron chi connectivity index (χ2n) is 6.45. The van der Waals surface area contributed by atoms with Gasteiger partial charge in [0.25, 0.3) is 0 Å². The molecule has 124 valence electrons. The predicted octanol–water partition coefficient (Wildman–Crippen LogP) is 5.50. The number of rotatable bonds is 7. The summed E-state index contributed by atoms with van der Waals surface area (Å²) in [6.07, 6.45) is 20.8. The molecule has 1 fully saturated rings. The minimum Gasteiger partial charge on any atom is -0.300 e. The fourth-order valence-electron chi connectivity index (χ4n) is 4.05. The smallest absolute Gasteiger partial charge is 0.0727 e. The zero-order valence-corrected chi connectivity index (χ0v) is 15.1. The topological polar surface area (TPSA) is 12.0 Å². The Bertz CT molecular complexity index is 581. The van der Waals surface area contributed by atoms with Gasteiger partial charge in [-0.1, -0.05) is 63.3 Å². The molecule has 0 radical (unpaired) electrons. The van der Waals surface area contributed by atoms with Gasteiger partial charge in [0.2, 0.25) is 0 Å². The van der Waals surface area contributed by atoms with Crippen molar-refractivity contribution < 1.29 is 0 Å². The molecule has 0 saturated heterocycles. The summed E-state index contributed by atoms with van der Waals surface area (Å²) in [6.45, 7) is 9.83. The van der Waals surface area contributed by atoms with Crippen molar-refractivity contribution >= 4 is 0 Å². The molecule has 3 atom stereocenters. The molecule has 1 N–H and O–H groups in total. The molecule has 1 heteroatoms. The summed E-state index contributed by atoms with van der Waals surface area (Å²) >= 11 is 0. The quantitative estimate of drug-likeness (QED) is 0.372. The highest BCUT2D eigenvalue weighted by molar-refractivity contribution is 5.50. The Morgan fingerprint density at radius 1 is 1.35 bits per heavy atom. The average molecular weight is 309 g/mol. The van der Waals surface area contributed by atoms with Gasteiger partial charge in [-0.3, -0.25) is 5.32 Å². The van der Waals surface area contributed by atoms with Crippen LogP contribution in [0.15, 0.2) is 65.5 Å². The molecule has 23 heavy (non-hydrogen) atoms. The summed E-state index contributed by atoms with van der Waals surface area (Å²) in [5.74, 6) is 1.23. The first-order valence-corrected chi connectivity index (χ1v) is 9.06. The van der Waals surface area contributed by atoms with Crippen LogP contribution >= 0.6 is 0 Å². The molecule has 0 amide bonds. The summed E-state index contributed by atoms with van der Waals surface area (Å²) < 4.78 is 0. The molecule has 0 spiro atoms. The van der Waals surface area contributed by atoms with Crippen molar-refractivity contribution in [2.45, 2.75) is 52.5 Å². The molecule has 0 heterocycles. The van der Waals surface area contributed by atoms with Crippen molar-refractivity contribution in [1.29, 1.82) is 0 Å². The highest BCUT2D eigenvalue weighted by Gasteiger charge is 2.56. The molecule has 1 nitrogen and oxygen atoms in total. The lowest BCUT2D eigenvalue weighted by atomic mass is 9.52. The van der Waals surface area contributed by atoms with E-state index in [2.05, 4.69) is 80.4 Å².